The van der Waals surface area contributed by atoms with Crippen molar-refractivity contribution in [3.8, 4) is 23.0 Å². The van der Waals surface area contributed by atoms with Crippen molar-refractivity contribution in [2.45, 2.75) is 20.0 Å². The number of thiophene rings is 1. The maximum absolute atomic E-state index is 12.2. The van der Waals surface area contributed by atoms with E-state index in [1.54, 1.807) is 40.6 Å². The molecule has 1 amide bonds. The number of nitrogens with one attached hydrogen (secondary N) is 1. The SMILES string of the molecule is Cc1nc(-c2noc(-c3cccnc3)n2)cn1CC(=O)NCc1cccs1. The number of hydrogen-bond donors (Lipinski definition) is 1. The summed E-state index contributed by atoms with van der Waals surface area (Å²) in [4.78, 5) is 26.1. The first-order chi connectivity index (χ1) is 13.2. The highest BCUT2D eigenvalue weighted by Crippen LogP contribution is 2.21. The fourth-order valence-electron chi connectivity index (χ4n) is 2.52. The zero-order valence-electron chi connectivity index (χ0n) is 14.5. The average Bonchev–Trinajstić information content (AvgIpc) is 3.43. The second-order valence-electron chi connectivity index (χ2n) is 5.82. The van der Waals surface area contributed by atoms with Crippen molar-refractivity contribution in [3.05, 3.63) is 58.9 Å². The molecule has 136 valence electrons. The van der Waals surface area contributed by atoms with E-state index in [1.165, 1.54) is 0 Å². The van der Waals surface area contributed by atoms with E-state index in [0.717, 1.165) is 10.4 Å². The van der Waals surface area contributed by atoms with Gasteiger partial charge >= 0.3 is 0 Å². The molecule has 0 aliphatic carbocycles. The first-order valence-corrected chi connectivity index (χ1v) is 9.14. The quantitative estimate of drug-likeness (QED) is 0.552. The van der Waals surface area contributed by atoms with Crippen molar-refractivity contribution >= 4 is 17.2 Å². The Bertz CT molecular complexity index is 1040. The Morgan fingerprint density at radius 3 is 3.00 bits per heavy atom. The van der Waals surface area contributed by atoms with Crippen LogP contribution in [0.1, 0.15) is 10.7 Å². The number of imidazole rings is 1. The van der Waals surface area contributed by atoms with Crippen molar-refractivity contribution < 1.29 is 9.32 Å². The minimum Gasteiger partial charge on any atom is -0.350 e. The third kappa shape index (κ3) is 3.93. The normalized spacial score (nSPS) is 10.9. The van der Waals surface area contributed by atoms with Gasteiger partial charge in [0.1, 0.15) is 18.1 Å². The molecule has 9 heteroatoms. The van der Waals surface area contributed by atoms with E-state index >= 15 is 0 Å². The molecule has 0 radical (unpaired) electrons. The summed E-state index contributed by atoms with van der Waals surface area (Å²) < 4.78 is 7.05. The lowest BCUT2D eigenvalue weighted by Crippen LogP contribution is -2.26. The lowest BCUT2D eigenvalue weighted by molar-refractivity contribution is -0.121. The molecule has 4 rings (SSSR count). The van der Waals surface area contributed by atoms with Gasteiger partial charge in [-0.1, -0.05) is 11.2 Å². The molecule has 4 aromatic rings. The van der Waals surface area contributed by atoms with Crippen molar-refractivity contribution in [1.82, 2.24) is 30.0 Å². The van der Waals surface area contributed by atoms with Crippen LogP contribution in [0.4, 0.5) is 0 Å². The number of hydrogen-bond acceptors (Lipinski definition) is 7. The Morgan fingerprint density at radius 1 is 1.30 bits per heavy atom. The van der Waals surface area contributed by atoms with Gasteiger partial charge in [-0.15, -0.1) is 11.3 Å². The number of nitrogens with zero attached hydrogens (tertiary/aromatic N) is 5. The Hall–Kier alpha value is -3.33. The maximum atomic E-state index is 12.2. The molecule has 0 bridgehead atoms. The van der Waals surface area contributed by atoms with E-state index < -0.39 is 0 Å². The van der Waals surface area contributed by atoms with Gasteiger partial charge in [0.05, 0.1) is 12.1 Å². The molecular formula is C18H16N6O2S. The number of carbonyl (C=O) groups excluding carboxylic acids is 1. The van der Waals surface area contributed by atoms with E-state index in [1.807, 2.05) is 30.5 Å². The number of carbonyl (C=O) groups is 1. The summed E-state index contributed by atoms with van der Waals surface area (Å²) in [6, 6.07) is 7.59. The van der Waals surface area contributed by atoms with E-state index in [-0.39, 0.29) is 12.5 Å². The molecule has 0 aliphatic heterocycles. The Balaban J connectivity index is 1.45. The number of rotatable bonds is 6. The van der Waals surface area contributed by atoms with Crippen LogP contribution in [0.3, 0.4) is 0 Å². The molecule has 8 nitrogen and oxygen atoms in total. The lowest BCUT2D eigenvalue weighted by atomic mass is 10.3. The van der Waals surface area contributed by atoms with Crippen LogP contribution < -0.4 is 5.32 Å². The zero-order valence-corrected chi connectivity index (χ0v) is 15.3. The van der Waals surface area contributed by atoms with Gasteiger partial charge in [-0.25, -0.2) is 4.98 Å². The van der Waals surface area contributed by atoms with E-state index in [9.17, 15) is 4.79 Å². The van der Waals surface area contributed by atoms with Crippen LogP contribution in [0.2, 0.25) is 0 Å². The van der Waals surface area contributed by atoms with Crippen LogP contribution in [0.25, 0.3) is 23.0 Å². The summed E-state index contributed by atoms with van der Waals surface area (Å²) >= 11 is 1.61. The second-order valence-corrected chi connectivity index (χ2v) is 6.85. The molecule has 0 saturated heterocycles. The highest BCUT2D eigenvalue weighted by molar-refractivity contribution is 7.09. The largest absolute Gasteiger partial charge is 0.350 e. The van der Waals surface area contributed by atoms with Gasteiger partial charge in [0.2, 0.25) is 11.7 Å². The van der Waals surface area contributed by atoms with E-state index in [0.29, 0.717) is 29.8 Å². The molecule has 1 N–H and O–H groups in total. The Kier molecular flexibility index (Phi) is 4.75. The summed E-state index contributed by atoms with van der Waals surface area (Å²) in [5.41, 5.74) is 1.29. The Morgan fingerprint density at radius 2 is 2.22 bits per heavy atom. The van der Waals surface area contributed by atoms with Gasteiger partial charge < -0.3 is 14.4 Å². The molecule has 0 spiro atoms. The first-order valence-electron chi connectivity index (χ1n) is 8.26. The molecule has 0 saturated carbocycles. The zero-order chi connectivity index (χ0) is 18.6. The summed E-state index contributed by atoms with van der Waals surface area (Å²) in [6.07, 6.45) is 5.08. The smallest absolute Gasteiger partial charge is 0.259 e. The fraction of sp³-hybridized carbons (Fsp3) is 0.167. The molecule has 0 aliphatic rings. The number of pyridine rings is 1. The minimum atomic E-state index is -0.0837. The van der Waals surface area contributed by atoms with Crippen molar-refractivity contribution in [2.75, 3.05) is 0 Å². The minimum absolute atomic E-state index is 0.0837. The highest BCUT2D eigenvalue weighted by Gasteiger charge is 2.15. The first kappa shape index (κ1) is 17.1. The molecule has 27 heavy (non-hydrogen) atoms. The van der Waals surface area contributed by atoms with Crippen LogP contribution >= 0.6 is 11.3 Å². The summed E-state index contributed by atoms with van der Waals surface area (Å²) in [6.45, 7) is 2.53. The third-order valence-electron chi connectivity index (χ3n) is 3.89. The van der Waals surface area contributed by atoms with Crippen LogP contribution in [-0.2, 0) is 17.9 Å². The maximum Gasteiger partial charge on any atom is 0.259 e. The predicted molar refractivity (Wildman–Crippen MR) is 99.7 cm³/mol. The summed E-state index contributed by atoms with van der Waals surface area (Å²) in [7, 11) is 0. The molecule has 0 aromatic carbocycles. The van der Waals surface area contributed by atoms with Gasteiger partial charge in [-0.2, -0.15) is 4.98 Å². The molecular weight excluding hydrogens is 364 g/mol. The van der Waals surface area contributed by atoms with Crippen molar-refractivity contribution in [1.29, 1.82) is 0 Å². The fourth-order valence-corrected chi connectivity index (χ4v) is 3.16. The van der Waals surface area contributed by atoms with Gasteiger partial charge in [0, 0.05) is 23.5 Å². The summed E-state index contributed by atoms with van der Waals surface area (Å²) in [5, 5.41) is 8.86. The molecule has 4 heterocycles. The van der Waals surface area contributed by atoms with Crippen molar-refractivity contribution in [3.63, 3.8) is 0 Å². The van der Waals surface area contributed by atoms with Crippen LogP contribution in [-0.4, -0.2) is 30.6 Å². The number of amides is 1. The number of aryl methyl sites for hydroxylation is 1. The van der Waals surface area contributed by atoms with E-state index in [4.69, 9.17) is 4.52 Å². The van der Waals surface area contributed by atoms with Gasteiger partial charge in [0.15, 0.2) is 0 Å². The van der Waals surface area contributed by atoms with E-state index in [2.05, 4.69) is 25.4 Å². The summed E-state index contributed by atoms with van der Waals surface area (Å²) in [5.74, 6) is 1.36. The molecule has 0 fully saturated rings. The third-order valence-corrected chi connectivity index (χ3v) is 4.77. The Labute approximate surface area is 158 Å². The monoisotopic (exact) mass is 380 g/mol. The van der Waals surface area contributed by atoms with Gasteiger partial charge in [-0.3, -0.25) is 9.78 Å². The van der Waals surface area contributed by atoms with Crippen molar-refractivity contribution in [2.24, 2.45) is 0 Å². The molecule has 4 aromatic heterocycles. The topological polar surface area (TPSA) is 98.7 Å². The highest BCUT2D eigenvalue weighted by atomic mass is 32.1. The van der Waals surface area contributed by atoms with Crippen LogP contribution in [0, 0.1) is 6.92 Å². The predicted octanol–water partition coefficient (Wildman–Crippen LogP) is 2.68. The van der Waals surface area contributed by atoms with Gasteiger partial charge in [-0.05, 0) is 30.5 Å². The second kappa shape index (κ2) is 7.50. The lowest BCUT2D eigenvalue weighted by Gasteiger charge is -2.05. The van der Waals surface area contributed by atoms with Crippen LogP contribution in [0.5, 0.6) is 0 Å². The molecule has 0 atom stereocenters. The average molecular weight is 380 g/mol. The number of aromatic nitrogens is 5. The standard InChI is InChI=1S/C18H16N6O2S/c1-12-21-15(17-22-18(26-23-17)13-4-2-6-19-8-13)10-24(12)11-16(25)20-9-14-5-3-7-27-14/h2-8,10H,9,11H2,1H3,(H,20,25). The molecule has 0 unspecified atom stereocenters. The van der Waals surface area contributed by atoms with Gasteiger partial charge in [0.25, 0.3) is 5.89 Å². The van der Waals surface area contributed by atoms with Crippen LogP contribution in [0.15, 0.2) is 52.8 Å².